The lowest BCUT2D eigenvalue weighted by Gasteiger charge is -2.08. The Morgan fingerprint density at radius 2 is 2.00 bits per heavy atom. The predicted octanol–water partition coefficient (Wildman–Crippen LogP) is 2.70. The number of aromatic nitrogens is 4. The average molecular weight is 398 g/mol. The minimum atomic E-state index is -0.111. The Kier molecular flexibility index (Phi) is 3.47. The number of fused-ring (bicyclic) bond motifs is 1. The molecule has 2 aromatic heterocycles. The third-order valence-corrected chi connectivity index (χ3v) is 4.44. The van der Waals surface area contributed by atoms with Crippen molar-refractivity contribution < 1.29 is 0 Å². The summed E-state index contributed by atoms with van der Waals surface area (Å²) in [6.07, 6.45) is 1.48. The number of nitrogens with zero attached hydrogens (tertiary/aromatic N) is 4. The summed E-state index contributed by atoms with van der Waals surface area (Å²) in [5.74, 6) is 0. The van der Waals surface area contributed by atoms with E-state index in [9.17, 15) is 4.79 Å². The van der Waals surface area contributed by atoms with Gasteiger partial charge in [0.1, 0.15) is 0 Å². The van der Waals surface area contributed by atoms with Crippen LogP contribution in [0.2, 0.25) is 0 Å². The summed E-state index contributed by atoms with van der Waals surface area (Å²) in [6, 6.07) is 7.89. The van der Waals surface area contributed by atoms with Gasteiger partial charge in [-0.2, -0.15) is 0 Å². The smallest absolute Gasteiger partial charge is 0.279 e. The molecule has 0 radical (unpaired) electrons. The second-order valence-electron chi connectivity index (χ2n) is 4.39. The van der Waals surface area contributed by atoms with Crippen molar-refractivity contribution in [2.45, 2.75) is 6.54 Å². The molecule has 5 nitrogen and oxygen atoms in total. The van der Waals surface area contributed by atoms with Crippen molar-refractivity contribution >= 4 is 43.0 Å². The molecule has 102 valence electrons. The largest absolute Gasteiger partial charge is 0.308 e. The van der Waals surface area contributed by atoms with Crippen molar-refractivity contribution in [3.8, 4) is 0 Å². The molecule has 1 aromatic carbocycles. The van der Waals surface area contributed by atoms with E-state index in [4.69, 9.17) is 0 Å². The van der Waals surface area contributed by atoms with Gasteiger partial charge in [0.25, 0.3) is 5.56 Å². The van der Waals surface area contributed by atoms with E-state index in [0.29, 0.717) is 22.4 Å². The normalized spacial score (nSPS) is 11.2. The van der Waals surface area contributed by atoms with Gasteiger partial charge < -0.3 is 9.13 Å². The van der Waals surface area contributed by atoms with E-state index in [1.54, 1.807) is 7.05 Å². The average Bonchev–Trinajstić information content (AvgIpc) is 2.74. The molecule has 3 rings (SSSR count). The van der Waals surface area contributed by atoms with Crippen LogP contribution in [0.1, 0.15) is 5.56 Å². The molecule has 3 aromatic rings. The Morgan fingerprint density at radius 3 is 2.75 bits per heavy atom. The molecule has 0 fully saturated rings. The van der Waals surface area contributed by atoms with Crippen LogP contribution in [-0.4, -0.2) is 19.1 Å². The van der Waals surface area contributed by atoms with E-state index in [1.165, 1.54) is 10.9 Å². The van der Waals surface area contributed by atoms with Crippen LogP contribution in [0.25, 0.3) is 11.2 Å². The zero-order valence-electron chi connectivity index (χ0n) is 10.5. The van der Waals surface area contributed by atoms with Gasteiger partial charge in [0.05, 0.1) is 12.9 Å². The quantitative estimate of drug-likeness (QED) is 0.624. The summed E-state index contributed by atoms with van der Waals surface area (Å²) in [7, 11) is 1.68. The summed E-state index contributed by atoms with van der Waals surface area (Å²) in [5.41, 5.74) is 1.91. The van der Waals surface area contributed by atoms with E-state index >= 15 is 0 Å². The lowest BCUT2D eigenvalue weighted by Crippen LogP contribution is -2.19. The van der Waals surface area contributed by atoms with Gasteiger partial charge in [-0.15, -0.1) is 0 Å². The highest BCUT2D eigenvalue weighted by molar-refractivity contribution is 9.10. The predicted molar refractivity (Wildman–Crippen MR) is 83.7 cm³/mol. The molecule has 0 unspecified atom stereocenters. The van der Waals surface area contributed by atoms with Crippen molar-refractivity contribution in [3.05, 3.63) is 55.7 Å². The fourth-order valence-electron chi connectivity index (χ4n) is 2.02. The van der Waals surface area contributed by atoms with Crippen LogP contribution in [0, 0.1) is 0 Å². The molecule has 7 heteroatoms. The number of hydrogen-bond acceptors (Lipinski definition) is 3. The van der Waals surface area contributed by atoms with Gasteiger partial charge in [-0.3, -0.25) is 4.79 Å². The van der Waals surface area contributed by atoms with Gasteiger partial charge in [0.15, 0.2) is 15.9 Å². The first-order chi connectivity index (χ1) is 9.58. The van der Waals surface area contributed by atoms with Crippen molar-refractivity contribution in [1.29, 1.82) is 0 Å². The van der Waals surface area contributed by atoms with Crippen LogP contribution < -0.4 is 5.56 Å². The fourth-order valence-corrected chi connectivity index (χ4v) is 2.90. The van der Waals surface area contributed by atoms with Gasteiger partial charge >= 0.3 is 0 Å². The summed E-state index contributed by atoms with van der Waals surface area (Å²) < 4.78 is 4.87. The molecule has 0 aliphatic carbocycles. The van der Waals surface area contributed by atoms with Crippen LogP contribution in [0.4, 0.5) is 0 Å². The second kappa shape index (κ2) is 5.14. The topological polar surface area (TPSA) is 52.7 Å². The summed E-state index contributed by atoms with van der Waals surface area (Å²) >= 11 is 6.91. The highest BCUT2D eigenvalue weighted by Gasteiger charge is 2.15. The fraction of sp³-hybridized carbons (Fsp3) is 0.154. The number of benzene rings is 1. The third-order valence-electron chi connectivity index (χ3n) is 3.07. The standard InChI is InChI=1S/C13H10Br2N4O/c1-18-7-16-11-10(12(18)20)19(13(15)17-11)6-8-4-2-3-5-9(8)14/h2-5,7H,6H2,1H3. The van der Waals surface area contributed by atoms with Crippen molar-refractivity contribution in [3.63, 3.8) is 0 Å². The molecule has 0 bridgehead atoms. The number of hydrogen-bond donors (Lipinski definition) is 0. The van der Waals surface area contributed by atoms with E-state index in [2.05, 4.69) is 41.8 Å². The van der Waals surface area contributed by atoms with E-state index in [1.807, 2.05) is 28.8 Å². The number of rotatable bonds is 2. The van der Waals surface area contributed by atoms with Crippen LogP contribution >= 0.6 is 31.9 Å². The van der Waals surface area contributed by atoms with Gasteiger partial charge in [-0.05, 0) is 27.6 Å². The second-order valence-corrected chi connectivity index (χ2v) is 5.95. The monoisotopic (exact) mass is 396 g/mol. The van der Waals surface area contributed by atoms with Gasteiger partial charge in [-0.25, -0.2) is 9.97 Å². The molecule has 2 heterocycles. The van der Waals surface area contributed by atoms with Crippen molar-refractivity contribution in [2.24, 2.45) is 7.05 Å². The molecule has 0 spiro atoms. The molecule has 0 saturated heterocycles. The van der Waals surface area contributed by atoms with Gasteiger partial charge in [0.2, 0.25) is 0 Å². The third kappa shape index (κ3) is 2.20. The molecular formula is C13H10Br2N4O. The number of halogens is 2. The number of imidazole rings is 1. The lowest BCUT2D eigenvalue weighted by molar-refractivity contribution is 0.776. The highest BCUT2D eigenvalue weighted by Crippen LogP contribution is 2.22. The Hall–Kier alpha value is -1.47. The van der Waals surface area contributed by atoms with E-state index < -0.39 is 0 Å². The Balaban J connectivity index is 2.22. The van der Waals surface area contributed by atoms with Crippen molar-refractivity contribution in [1.82, 2.24) is 19.1 Å². The summed E-state index contributed by atoms with van der Waals surface area (Å²) in [5, 5.41) is 0. The molecule has 20 heavy (non-hydrogen) atoms. The molecule has 0 amide bonds. The molecular weight excluding hydrogens is 388 g/mol. The maximum atomic E-state index is 12.3. The van der Waals surface area contributed by atoms with E-state index in [-0.39, 0.29) is 5.56 Å². The molecule has 0 N–H and O–H groups in total. The summed E-state index contributed by atoms with van der Waals surface area (Å²) in [4.78, 5) is 20.7. The van der Waals surface area contributed by atoms with Crippen LogP contribution in [0.5, 0.6) is 0 Å². The molecule has 0 atom stereocenters. The Labute approximate surface area is 131 Å². The highest BCUT2D eigenvalue weighted by atomic mass is 79.9. The first-order valence-corrected chi connectivity index (χ1v) is 7.47. The van der Waals surface area contributed by atoms with Gasteiger partial charge in [0, 0.05) is 11.5 Å². The lowest BCUT2D eigenvalue weighted by atomic mass is 10.2. The maximum absolute atomic E-state index is 12.3. The minimum absolute atomic E-state index is 0.111. The van der Waals surface area contributed by atoms with Crippen LogP contribution in [0.3, 0.4) is 0 Å². The van der Waals surface area contributed by atoms with Crippen LogP contribution in [0.15, 0.2) is 44.6 Å². The first-order valence-electron chi connectivity index (χ1n) is 5.88. The zero-order valence-corrected chi connectivity index (χ0v) is 13.7. The molecule has 0 aliphatic rings. The molecule has 0 aliphatic heterocycles. The van der Waals surface area contributed by atoms with Crippen LogP contribution in [-0.2, 0) is 13.6 Å². The number of aryl methyl sites for hydroxylation is 1. The maximum Gasteiger partial charge on any atom is 0.279 e. The zero-order chi connectivity index (χ0) is 14.3. The van der Waals surface area contributed by atoms with Gasteiger partial charge in [-0.1, -0.05) is 34.1 Å². The molecule has 0 saturated carbocycles. The summed E-state index contributed by atoms with van der Waals surface area (Å²) in [6.45, 7) is 0.541. The Morgan fingerprint density at radius 1 is 1.25 bits per heavy atom. The minimum Gasteiger partial charge on any atom is -0.308 e. The van der Waals surface area contributed by atoms with E-state index in [0.717, 1.165) is 10.0 Å². The first kappa shape index (κ1) is 13.5. The van der Waals surface area contributed by atoms with Crippen molar-refractivity contribution in [2.75, 3.05) is 0 Å². The SMILES string of the molecule is Cn1cnc2nc(Br)n(Cc3ccccc3Br)c2c1=O. The Bertz CT molecular complexity index is 853.